The largest absolute Gasteiger partial charge is 0.307 e. The number of hydrogen-bond donors (Lipinski definition) is 0. The SMILES string of the molecule is N#Cc1c(-c2ccccc2)c(C#N)c(-n2c3c(ccc4c5cccc(-c6ccccc6)c5sc43)c3ccc4c5cccc(-c6ccccc6)c5sc4c32)c(-c2ccccc2)c1-n1c2ccccc2c2cc(-c3ccccc3)c(-c3ccccc3)cc21. The van der Waals surface area contributed by atoms with E-state index >= 15 is 0 Å². The van der Waals surface area contributed by atoms with Crippen LogP contribution in [0.2, 0.25) is 0 Å². The molecule has 0 bridgehead atoms. The van der Waals surface area contributed by atoms with Gasteiger partial charge < -0.3 is 9.13 Å². The van der Waals surface area contributed by atoms with E-state index < -0.39 is 0 Å². The van der Waals surface area contributed by atoms with Gasteiger partial charge in [0, 0.05) is 63.6 Å². The van der Waals surface area contributed by atoms with E-state index in [0.717, 1.165) is 114 Å². The average Bonchev–Trinajstić information content (AvgIpc) is 1.56. The molecule has 0 aliphatic rings. The van der Waals surface area contributed by atoms with Crippen LogP contribution in [0.15, 0.2) is 279 Å². The van der Waals surface area contributed by atoms with Crippen molar-refractivity contribution >= 4 is 107 Å². The topological polar surface area (TPSA) is 57.4 Å². The molecule has 4 heterocycles. The van der Waals surface area contributed by atoms with E-state index in [1.54, 1.807) is 0 Å². The van der Waals surface area contributed by atoms with Gasteiger partial charge in [0.2, 0.25) is 0 Å². The van der Waals surface area contributed by atoms with Gasteiger partial charge in [0.25, 0.3) is 0 Å². The first-order valence-corrected chi connectivity index (χ1v) is 30.5. The number of thiophene rings is 2. The summed E-state index contributed by atoms with van der Waals surface area (Å²) in [5.74, 6) is 0. The van der Waals surface area contributed by atoms with Crippen molar-refractivity contribution in [2.75, 3.05) is 0 Å². The van der Waals surface area contributed by atoms with Crippen LogP contribution < -0.4 is 0 Å². The van der Waals surface area contributed by atoms with Crippen LogP contribution in [-0.4, -0.2) is 9.13 Å². The Morgan fingerprint density at radius 1 is 0.256 bits per heavy atom. The van der Waals surface area contributed by atoms with Gasteiger partial charge in [-0.05, 0) is 73.8 Å². The summed E-state index contributed by atoms with van der Waals surface area (Å²) in [6, 6.07) is 105. The fourth-order valence-corrected chi connectivity index (χ4v) is 16.5. The summed E-state index contributed by atoms with van der Waals surface area (Å²) in [5, 5.41) is 33.8. The van der Waals surface area contributed by atoms with E-state index in [-0.39, 0.29) is 0 Å². The molecule has 0 amide bonds. The lowest BCUT2D eigenvalue weighted by molar-refractivity contribution is 1.13. The fourth-order valence-electron chi connectivity index (χ4n) is 13.7. The fraction of sp³-hybridized carbons (Fsp3) is 0. The number of nitriles is 2. The zero-order valence-electron chi connectivity index (χ0n) is 46.2. The molecule has 86 heavy (non-hydrogen) atoms. The minimum absolute atomic E-state index is 0.409. The first-order chi connectivity index (χ1) is 42.6. The summed E-state index contributed by atoms with van der Waals surface area (Å²) in [7, 11) is 0. The lowest BCUT2D eigenvalue weighted by Crippen LogP contribution is -2.11. The van der Waals surface area contributed by atoms with E-state index in [9.17, 15) is 10.5 Å². The van der Waals surface area contributed by atoms with Crippen LogP contribution in [0.4, 0.5) is 0 Å². The number of nitrogens with zero attached hydrogens (tertiary/aromatic N) is 4. The Hall–Kier alpha value is -11.1. The quantitative estimate of drug-likeness (QED) is 0.152. The second-order valence-corrected chi connectivity index (χ2v) is 24.0. The van der Waals surface area contributed by atoms with Crippen molar-refractivity contribution in [1.29, 1.82) is 10.5 Å². The Bertz CT molecular complexity index is 5520. The Kier molecular flexibility index (Phi) is 11.4. The maximum absolute atomic E-state index is 12.6. The van der Waals surface area contributed by atoms with Gasteiger partial charge in [0.15, 0.2) is 0 Å². The smallest absolute Gasteiger partial charge is 0.102 e. The van der Waals surface area contributed by atoms with E-state index in [1.165, 1.54) is 31.3 Å². The van der Waals surface area contributed by atoms with Crippen LogP contribution in [0.5, 0.6) is 0 Å². The maximum atomic E-state index is 12.6. The monoisotopic (exact) mass is 1130 g/mol. The third-order valence-electron chi connectivity index (χ3n) is 17.4. The Morgan fingerprint density at radius 3 is 1.08 bits per heavy atom. The molecular weight excluding hydrogens is 1080 g/mol. The van der Waals surface area contributed by atoms with E-state index in [1.807, 2.05) is 46.9 Å². The number of rotatable bonds is 8. The molecule has 0 aliphatic heterocycles. The highest BCUT2D eigenvalue weighted by atomic mass is 32.1. The van der Waals surface area contributed by atoms with Crippen molar-refractivity contribution in [2.24, 2.45) is 0 Å². The molecule has 4 nitrogen and oxygen atoms in total. The van der Waals surface area contributed by atoms with Gasteiger partial charge in [0.05, 0.1) is 54.0 Å². The van der Waals surface area contributed by atoms with Gasteiger partial charge in [-0.3, -0.25) is 0 Å². The summed E-state index contributed by atoms with van der Waals surface area (Å²) >= 11 is 3.63. The highest BCUT2D eigenvalue weighted by molar-refractivity contribution is 7.28. The predicted octanol–water partition coefficient (Wildman–Crippen LogP) is 22.4. The highest BCUT2D eigenvalue weighted by Crippen LogP contribution is 2.54. The maximum Gasteiger partial charge on any atom is 0.102 e. The van der Waals surface area contributed by atoms with E-state index in [4.69, 9.17) is 0 Å². The van der Waals surface area contributed by atoms with Crippen molar-refractivity contribution in [3.63, 3.8) is 0 Å². The predicted molar refractivity (Wildman–Crippen MR) is 363 cm³/mol. The normalized spacial score (nSPS) is 11.7. The second-order valence-electron chi connectivity index (χ2n) is 22.0. The summed E-state index contributed by atoms with van der Waals surface area (Å²) in [6.45, 7) is 0. The summed E-state index contributed by atoms with van der Waals surface area (Å²) < 4.78 is 9.44. The van der Waals surface area contributed by atoms with Crippen LogP contribution in [-0.2, 0) is 0 Å². The Morgan fingerprint density at radius 2 is 0.616 bits per heavy atom. The van der Waals surface area contributed by atoms with Gasteiger partial charge in [-0.25, -0.2) is 0 Å². The Balaban J connectivity index is 1.13. The van der Waals surface area contributed by atoms with Crippen LogP contribution >= 0.6 is 22.7 Å². The molecule has 0 saturated heterocycles. The van der Waals surface area contributed by atoms with Crippen LogP contribution in [0.3, 0.4) is 0 Å². The van der Waals surface area contributed by atoms with E-state index in [0.29, 0.717) is 28.1 Å². The molecule has 0 atom stereocenters. The molecule has 6 heteroatoms. The molecule has 0 spiro atoms. The zero-order valence-corrected chi connectivity index (χ0v) is 47.8. The number of hydrogen-bond acceptors (Lipinski definition) is 4. The lowest BCUT2D eigenvalue weighted by Gasteiger charge is -2.26. The molecule has 0 N–H and O–H groups in total. The number of para-hydroxylation sites is 1. The second kappa shape index (κ2) is 19.8. The third kappa shape index (κ3) is 7.38. The standard InChI is InChI=1S/C80H46N4S2/c81-47-67-71(53-31-15-5-16-32-53)68(48-82)74(72(54-33-17-6-18-34-54)73(67)83-69-40-20-19-35-57(69)66-45-64(51-27-11-3-12-28-51)65(46-70(66)83)52-29-13-4-14-30-52)84-75-58(41-43-62-60-38-21-36-55(77(60)85-79(62)75)49-23-7-1-8-24-49)59-42-44-63-61-39-22-37-56(50-25-9-2-10-26-50)78(61)86-80(63)76(59)84/h1-46H. The zero-order chi connectivity index (χ0) is 57.0. The molecule has 17 aromatic rings. The minimum atomic E-state index is 0.409. The molecule has 398 valence electrons. The number of fused-ring (bicyclic) bond motifs is 14. The summed E-state index contributed by atoms with van der Waals surface area (Å²) in [6.07, 6.45) is 0. The van der Waals surface area contributed by atoms with Crippen molar-refractivity contribution < 1.29 is 0 Å². The molecule has 0 saturated carbocycles. The molecule has 4 aromatic heterocycles. The molecule has 0 unspecified atom stereocenters. The number of benzene rings is 13. The van der Waals surface area contributed by atoms with Gasteiger partial charge in [-0.15, -0.1) is 22.7 Å². The van der Waals surface area contributed by atoms with Crippen LogP contribution in [0, 0.1) is 22.7 Å². The van der Waals surface area contributed by atoms with Gasteiger partial charge in [-0.1, -0.05) is 261 Å². The minimum Gasteiger partial charge on any atom is -0.307 e. The molecular formula is C80H46N4S2. The third-order valence-corrected chi connectivity index (χ3v) is 19.9. The summed E-state index contributed by atoms with van der Waals surface area (Å²) in [5.41, 5.74) is 18.2. The van der Waals surface area contributed by atoms with Gasteiger partial charge in [-0.2, -0.15) is 10.5 Å². The summed E-state index contributed by atoms with van der Waals surface area (Å²) in [4.78, 5) is 0. The van der Waals surface area contributed by atoms with Crippen molar-refractivity contribution in [1.82, 2.24) is 9.13 Å². The first-order valence-electron chi connectivity index (χ1n) is 28.9. The first kappa shape index (κ1) is 49.5. The van der Waals surface area contributed by atoms with Crippen molar-refractivity contribution in [3.8, 4) is 90.3 Å². The van der Waals surface area contributed by atoms with Crippen LogP contribution in [0.1, 0.15) is 11.1 Å². The highest BCUT2D eigenvalue weighted by Gasteiger charge is 2.34. The van der Waals surface area contributed by atoms with E-state index in [2.05, 4.69) is 276 Å². The number of aromatic nitrogens is 2. The van der Waals surface area contributed by atoms with Gasteiger partial charge >= 0.3 is 0 Å². The lowest BCUT2D eigenvalue weighted by atomic mass is 9.86. The molecule has 0 fully saturated rings. The van der Waals surface area contributed by atoms with Crippen molar-refractivity contribution in [2.45, 2.75) is 0 Å². The molecule has 13 aromatic carbocycles. The Labute approximate surface area is 503 Å². The van der Waals surface area contributed by atoms with Gasteiger partial charge in [0.1, 0.15) is 12.1 Å². The molecule has 0 radical (unpaired) electrons. The molecule has 17 rings (SSSR count). The average molecular weight is 1130 g/mol. The van der Waals surface area contributed by atoms with Crippen LogP contribution in [0.25, 0.3) is 162 Å². The van der Waals surface area contributed by atoms with Crippen molar-refractivity contribution in [3.05, 3.63) is 290 Å². The molecule has 0 aliphatic carbocycles.